The minimum atomic E-state index is -2.56. The molecule has 38 heavy (non-hydrogen) atoms. The van der Waals surface area contributed by atoms with Crippen molar-refractivity contribution in [3.8, 4) is 16.9 Å². The van der Waals surface area contributed by atoms with Crippen LogP contribution in [0.5, 0.6) is 5.75 Å². The second-order valence-electron chi connectivity index (χ2n) is 9.68. The summed E-state index contributed by atoms with van der Waals surface area (Å²) in [5, 5.41) is 31.5. The molecule has 0 unspecified atom stereocenters. The highest BCUT2D eigenvalue weighted by Gasteiger charge is 2.48. The zero-order valence-corrected chi connectivity index (χ0v) is 21.7. The maximum absolute atomic E-state index is 13.6. The average molecular weight is 518 g/mol. The van der Waals surface area contributed by atoms with E-state index in [1.54, 1.807) is 36.4 Å². The SMILES string of the molecule is CCc1ccccc1-c1ccc(C(=O)N(C2CC2)C(O)(O)c2ccccc2OCCCCCC(=O)O)cc1. The summed E-state index contributed by atoms with van der Waals surface area (Å²) in [5.41, 5.74) is 3.80. The number of hydrogen-bond acceptors (Lipinski definition) is 5. The molecule has 0 spiro atoms. The van der Waals surface area contributed by atoms with Crippen molar-refractivity contribution < 1.29 is 29.6 Å². The number of carboxylic acid groups (broad SMARTS) is 1. The van der Waals surface area contributed by atoms with Gasteiger partial charge in [0.15, 0.2) is 0 Å². The van der Waals surface area contributed by atoms with E-state index in [9.17, 15) is 19.8 Å². The van der Waals surface area contributed by atoms with Crippen LogP contribution < -0.4 is 4.74 Å². The van der Waals surface area contributed by atoms with Crippen molar-refractivity contribution in [2.75, 3.05) is 6.61 Å². The van der Waals surface area contributed by atoms with E-state index in [4.69, 9.17) is 9.84 Å². The third-order valence-corrected chi connectivity index (χ3v) is 6.85. The van der Waals surface area contributed by atoms with E-state index in [0.29, 0.717) is 44.3 Å². The number of benzene rings is 3. The Balaban J connectivity index is 1.52. The Labute approximate surface area is 223 Å². The van der Waals surface area contributed by atoms with Gasteiger partial charge in [0.05, 0.1) is 12.2 Å². The van der Waals surface area contributed by atoms with E-state index in [1.807, 2.05) is 24.3 Å². The van der Waals surface area contributed by atoms with E-state index in [-0.39, 0.29) is 23.8 Å². The molecular weight excluding hydrogens is 482 g/mol. The van der Waals surface area contributed by atoms with Crippen molar-refractivity contribution in [2.24, 2.45) is 0 Å². The van der Waals surface area contributed by atoms with Gasteiger partial charge in [-0.25, -0.2) is 0 Å². The molecular formula is C31H35NO6. The van der Waals surface area contributed by atoms with Crippen LogP contribution in [0.1, 0.15) is 66.9 Å². The molecule has 0 aromatic heterocycles. The van der Waals surface area contributed by atoms with Gasteiger partial charge >= 0.3 is 5.97 Å². The normalized spacial score (nSPS) is 13.2. The Morgan fingerprint density at radius 2 is 1.61 bits per heavy atom. The molecule has 0 radical (unpaired) electrons. The first kappa shape index (κ1) is 27.4. The molecule has 0 bridgehead atoms. The molecule has 1 fully saturated rings. The number of aliphatic carboxylic acids is 1. The van der Waals surface area contributed by atoms with Crippen molar-refractivity contribution in [2.45, 2.75) is 63.8 Å². The molecule has 1 aliphatic rings. The first-order valence-corrected chi connectivity index (χ1v) is 13.2. The lowest BCUT2D eigenvalue weighted by Gasteiger charge is -2.36. The zero-order chi connectivity index (χ0) is 27.1. The van der Waals surface area contributed by atoms with E-state index in [1.165, 1.54) is 5.56 Å². The molecule has 4 rings (SSSR count). The highest BCUT2D eigenvalue weighted by molar-refractivity contribution is 5.95. The van der Waals surface area contributed by atoms with Crippen LogP contribution in [0.25, 0.3) is 11.1 Å². The topological polar surface area (TPSA) is 107 Å². The maximum Gasteiger partial charge on any atom is 0.303 e. The van der Waals surface area contributed by atoms with E-state index in [0.717, 1.165) is 22.4 Å². The number of nitrogens with zero attached hydrogens (tertiary/aromatic N) is 1. The fourth-order valence-electron chi connectivity index (χ4n) is 4.67. The van der Waals surface area contributed by atoms with Crippen molar-refractivity contribution in [3.63, 3.8) is 0 Å². The van der Waals surface area contributed by atoms with Gasteiger partial charge < -0.3 is 20.1 Å². The number of unbranched alkanes of at least 4 members (excludes halogenated alkanes) is 2. The van der Waals surface area contributed by atoms with Crippen LogP contribution in [0.3, 0.4) is 0 Å². The van der Waals surface area contributed by atoms with Crippen LogP contribution in [0.2, 0.25) is 0 Å². The first-order valence-electron chi connectivity index (χ1n) is 13.2. The van der Waals surface area contributed by atoms with Gasteiger partial charge in [0.1, 0.15) is 5.75 Å². The van der Waals surface area contributed by atoms with Gasteiger partial charge in [-0.2, -0.15) is 0 Å². The number of aryl methyl sites for hydroxylation is 1. The number of carboxylic acids is 1. The summed E-state index contributed by atoms with van der Waals surface area (Å²) in [5.74, 6) is -3.57. The van der Waals surface area contributed by atoms with E-state index >= 15 is 0 Å². The lowest BCUT2D eigenvalue weighted by molar-refractivity contribution is -0.259. The summed E-state index contributed by atoms with van der Waals surface area (Å²) >= 11 is 0. The number of amides is 1. The van der Waals surface area contributed by atoms with E-state index in [2.05, 4.69) is 19.1 Å². The second-order valence-corrected chi connectivity index (χ2v) is 9.68. The molecule has 3 aromatic carbocycles. The lowest BCUT2D eigenvalue weighted by Crippen LogP contribution is -2.51. The monoisotopic (exact) mass is 517 g/mol. The molecule has 3 N–H and O–H groups in total. The van der Waals surface area contributed by atoms with Gasteiger partial charge in [-0.15, -0.1) is 0 Å². The molecule has 7 heteroatoms. The highest BCUT2D eigenvalue weighted by Crippen LogP contribution is 2.40. The minimum Gasteiger partial charge on any atom is -0.493 e. The Hall–Kier alpha value is -3.68. The number of rotatable bonds is 13. The van der Waals surface area contributed by atoms with Crippen LogP contribution in [-0.2, 0) is 17.1 Å². The number of para-hydroxylation sites is 1. The molecule has 0 saturated heterocycles. The van der Waals surface area contributed by atoms with Crippen LogP contribution in [-0.4, -0.2) is 44.7 Å². The summed E-state index contributed by atoms with van der Waals surface area (Å²) in [6.45, 7) is 2.40. The Bertz CT molecular complexity index is 1250. The molecule has 7 nitrogen and oxygen atoms in total. The molecule has 1 saturated carbocycles. The number of carbonyl (C=O) groups is 2. The minimum absolute atomic E-state index is 0.0966. The Morgan fingerprint density at radius 3 is 2.29 bits per heavy atom. The number of aliphatic hydroxyl groups is 2. The molecule has 0 atom stereocenters. The number of ether oxygens (including phenoxy) is 1. The van der Waals surface area contributed by atoms with Crippen LogP contribution >= 0.6 is 0 Å². The predicted octanol–water partition coefficient (Wildman–Crippen LogP) is 5.34. The lowest BCUT2D eigenvalue weighted by atomic mass is 9.97. The van der Waals surface area contributed by atoms with Crippen LogP contribution in [0, 0.1) is 0 Å². The summed E-state index contributed by atoms with van der Waals surface area (Å²) in [7, 11) is 0. The van der Waals surface area contributed by atoms with Crippen LogP contribution in [0.4, 0.5) is 0 Å². The molecule has 1 aliphatic carbocycles. The second kappa shape index (κ2) is 12.2. The predicted molar refractivity (Wildman–Crippen MR) is 145 cm³/mol. The fraction of sp³-hybridized carbons (Fsp3) is 0.355. The molecule has 1 amide bonds. The quantitative estimate of drug-likeness (QED) is 0.209. The van der Waals surface area contributed by atoms with Gasteiger partial charge in [-0.1, -0.05) is 55.5 Å². The molecule has 3 aromatic rings. The van der Waals surface area contributed by atoms with Crippen molar-refractivity contribution in [1.29, 1.82) is 0 Å². The van der Waals surface area contributed by atoms with Gasteiger partial charge in [-0.05, 0) is 79.5 Å². The molecule has 200 valence electrons. The first-order chi connectivity index (χ1) is 18.3. The smallest absolute Gasteiger partial charge is 0.303 e. The van der Waals surface area contributed by atoms with Gasteiger partial charge in [-0.3, -0.25) is 14.5 Å². The van der Waals surface area contributed by atoms with E-state index < -0.39 is 17.8 Å². The van der Waals surface area contributed by atoms with Crippen LogP contribution in [0.15, 0.2) is 72.8 Å². The summed E-state index contributed by atoms with van der Waals surface area (Å²) < 4.78 is 5.85. The Morgan fingerprint density at radius 1 is 0.921 bits per heavy atom. The van der Waals surface area contributed by atoms with Gasteiger partial charge in [0.2, 0.25) is 0 Å². The van der Waals surface area contributed by atoms with Gasteiger partial charge in [0, 0.05) is 18.0 Å². The largest absolute Gasteiger partial charge is 0.493 e. The van der Waals surface area contributed by atoms with Crippen molar-refractivity contribution in [3.05, 3.63) is 89.5 Å². The van der Waals surface area contributed by atoms with Crippen molar-refractivity contribution >= 4 is 11.9 Å². The standard InChI is InChI=1S/C31H35NO6/c1-2-22-10-5-6-11-26(22)23-15-17-24(18-16-23)30(35)32(25-19-20-25)31(36,37)27-12-7-8-13-28(27)38-21-9-3-4-14-29(33)34/h5-8,10-13,15-18,25,36-37H,2-4,9,14,19-21H2,1H3,(H,33,34). The third kappa shape index (κ3) is 6.41. The van der Waals surface area contributed by atoms with Crippen molar-refractivity contribution in [1.82, 2.24) is 4.90 Å². The average Bonchev–Trinajstić information content (AvgIpc) is 3.75. The zero-order valence-electron chi connectivity index (χ0n) is 21.7. The Kier molecular flexibility index (Phi) is 8.81. The molecule has 0 heterocycles. The number of hydrogen-bond donors (Lipinski definition) is 3. The number of carbonyl (C=O) groups excluding carboxylic acids is 1. The van der Waals surface area contributed by atoms with Gasteiger partial charge in [0.25, 0.3) is 11.8 Å². The summed E-state index contributed by atoms with van der Waals surface area (Å²) in [6, 6.07) is 21.7. The molecule has 0 aliphatic heterocycles. The summed E-state index contributed by atoms with van der Waals surface area (Å²) in [6.07, 6.45) is 4.24. The maximum atomic E-state index is 13.6. The third-order valence-electron chi connectivity index (χ3n) is 6.85. The highest BCUT2D eigenvalue weighted by atomic mass is 16.5. The summed E-state index contributed by atoms with van der Waals surface area (Å²) in [4.78, 5) is 25.5. The fourth-order valence-corrected chi connectivity index (χ4v) is 4.67.